The molecule has 0 radical (unpaired) electrons. The lowest BCUT2D eigenvalue weighted by Crippen LogP contribution is -2.30. The number of para-hydroxylation sites is 1. The van der Waals surface area contributed by atoms with Crippen molar-refractivity contribution in [3.8, 4) is 5.69 Å². The van der Waals surface area contributed by atoms with Crippen LogP contribution in [0.3, 0.4) is 0 Å². The van der Waals surface area contributed by atoms with Gasteiger partial charge in [0.05, 0.1) is 11.4 Å². The normalized spacial score (nSPS) is 11.2. The smallest absolute Gasteiger partial charge is 0.272 e. The van der Waals surface area contributed by atoms with Crippen molar-refractivity contribution >= 4 is 46.9 Å². The predicted octanol–water partition coefficient (Wildman–Crippen LogP) is 6.02. The van der Waals surface area contributed by atoms with E-state index in [1.165, 1.54) is 0 Å². The molecule has 0 spiro atoms. The Bertz CT molecular complexity index is 1620. The topological polar surface area (TPSA) is 102 Å². The van der Waals surface area contributed by atoms with E-state index in [0.29, 0.717) is 27.6 Å². The summed E-state index contributed by atoms with van der Waals surface area (Å²) in [5.41, 5.74) is 2.73. The number of hydrogen-bond acceptors (Lipinski definition) is 6. The van der Waals surface area contributed by atoms with Crippen molar-refractivity contribution < 1.29 is 9.59 Å². The molecule has 0 aliphatic heterocycles. The molecular formula is C30H23ClN6O2S. The number of benzene rings is 4. The van der Waals surface area contributed by atoms with E-state index in [1.807, 2.05) is 48.5 Å². The molecule has 1 heterocycles. The van der Waals surface area contributed by atoms with Gasteiger partial charge in [-0.25, -0.2) is 0 Å². The summed E-state index contributed by atoms with van der Waals surface area (Å²) < 4.78 is 1.71. The SMILES string of the molecule is O=C(Nc1ccc(SCc2nnnn2-c2ccccc2)cc1)/C(=C/c1ccc(Cl)cc1)NC(=O)c1ccccc1. The average molecular weight is 567 g/mol. The van der Waals surface area contributed by atoms with E-state index in [4.69, 9.17) is 11.6 Å². The van der Waals surface area contributed by atoms with Gasteiger partial charge in [-0.15, -0.1) is 16.9 Å². The lowest BCUT2D eigenvalue weighted by atomic mass is 10.1. The number of nitrogens with one attached hydrogen (secondary N) is 2. The lowest BCUT2D eigenvalue weighted by Gasteiger charge is -2.12. The molecule has 198 valence electrons. The minimum absolute atomic E-state index is 0.0994. The molecule has 10 heteroatoms. The third-order valence-corrected chi connectivity index (χ3v) is 6.98. The Kier molecular flexibility index (Phi) is 8.65. The number of aromatic nitrogens is 4. The number of anilines is 1. The highest BCUT2D eigenvalue weighted by Crippen LogP contribution is 2.24. The van der Waals surface area contributed by atoms with E-state index in [2.05, 4.69) is 26.2 Å². The molecule has 0 bridgehead atoms. The Morgan fingerprint density at radius 1 is 0.850 bits per heavy atom. The van der Waals surface area contributed by atoms with Crippen molar-refractivity contribution in [2.24, 2.45) is 0 Å². The molecule has 8 nitrogen and oxygen atoms in total. The zero-order valence-electron chi connectivity index (χ0n) is 21.1. The molecule has 0 aliphatic carbocycles. The van der Waals surface area contributed by atoms with Gasteiger partial charge in [-0.2, -0.15) is 4.68 Å². The van der Waals surface area contributed by atoms with Crippen molar-refractivity contribution in [2.75, 3.05) is 5.32 Å². The van der Waals surface area contributed by atoms with Crippen molar-refractivity contribution in [2.45, 2.75) is 10.6 Å². The van der Waals surface area contributed by atoms with Crippen LogP contribution in [0.4, 0.5) is 5.69 Å². The van der Waals surface area contributed by atoms with Crippen LogP contribution in [-0.2, 0) is 10.5 Å². The molecule has 40 heavy (non-hydrogen) atoms. The minimum Gasteiger partial charge on any atom is -0.321 e. The Morgan fingerprint density at radius 3 is 2.23 bits per heavy atom. The monoisotopic (exact) mass is 566 g/mol. The second-order valence-corrected chi connectivity index (χ2v) is 10.0. The van der Waals surface area contributed by atoms with Crippen LogP contribution in [0.1, 0.15) is 21.7 Å². The van der Waals surface area contributed by atoms with E-state index in [-0.39, 0.29) is 11.6 Å². The summed E-state index contributed by atoms with van der Waals surface area (Å²) in [6, 6.07) is 32.8. The van der Waals surface area contributed by atoms with E-state index in [9.17, 15) is 9.59 Å². The van der Waals surface area contributed by atoms with E-state index >= 15 is 0 Å². The number of amides is 2. The summed E-state index contributed by atoms with van der Waals surface area (Å²) in [7, 11) is 0. The van der Waals surface area contributed by atoms with Gasteiger partial charge in [-0.05, 0) is 82.7 Å². The number of rotatable bonds is 9. The summed E-state index contributed by atoms with van der Waals surface area (Å²) in [6.45, 7) is 0. The van der Waals surface area contributed by atoms with Crippen LogP contribution in [0.5, 0.6) is 0 Å². The van der Waals surface area contributed by atoms with Crippen molar-refractivity contribution in [3.05, 3.63) is 137 Å². The maximum atomic E-state index is 13.2. The third-order valence-electron chi connectivity index (χ3n) is 5.72. The fraction of sp³-hybridized carbons (Fsp3) is 0.0333. The third kappa shape index (κ3) is 7.02. The zero-order valence-corrected chi connectivity index (χ0v) is 22.6. The fourth-order valence-electron chi connectivity index (χ4n) is 3.71. The lowest BCUT2D eigenvalue weighted by molar-refractivity contribution is -0.113. The predicted molar refractivity (Wildman–Crippen MR) is 157 cm³/mol. The molecule has 5 rings (SSSR count). The van der Waals surface area contributed by atoms with Crippen LogP contribution < -0.4 is 10.6 Å². The molecule has 2 amide bonds. The van der Waals surface area contributed by atoms with Gasteiger partial charge in [0, 0.05) is 21.2 Å². The zero-order chi connectivity index (χ0) is 27.7. The van der Waals surface area contributed by atoms with Gasteiger partial charge in [0.15, 0.2) is 5.82 Å². The number of nitrogens with zero attached hydrogens (tertiary/aromatic N) is 4. The molecule has 0 atom stereocenters. The van der Waals surface area contributed by atoms with Crippen LogP contribution >= 0.6 is 23.4 Å². The Morgan fingerprint density at radius 2 is 1.52 bits per heavy atom. The first-order chi connectivity index (χ1) is 19.5. The van der Waals surface area contributed by atoms with Gasteiger partial charge in [0.2, 0.25) is 0 Å². The maximum absolute atomic E-state index is 13.2. The van der Waals surface area contributed by atoms with Gasteiger partial charge in [0.1, 0.15) is 5.70 Å². The number of halogens is 1. The highest BCUT2D eigenvalue weighted by molar-refractivity contribution is 7.98. The molecule has 0 saturated heterocycles. The average Bonchev–Trinajstić information content (AvgIpc) is 3.47. The summed E-state index contributed by atoms with van der Waals surface area (Å²) in [5.74, 6) is 0.439. The largest absolute Gasteiger partial charge is 0.321 e. The van der Waals surface area contributed by atoms with Crippen molar-refractivity contribution in [1.29, 1.82) is 0 Å². The molecule has 0 unspecified atom stereocenters. The van der Waals surface area contributed by atoms with E-state index < -0.39 is 5.91 Å². The molecule has 5 aromatic rings. The van der Waals surface area contributed by atoms with Crippen LogP contribution in [-0.4, -0.2) is 32.0 Å². The van der Waals surface area contributed by atoms with Crippen molar-refractivity contribution in [1.82, 2.24) is 25.5 Å². The highest BCUT2D eigenvalue weighted by Gasteiger charge is 2.15. The Hall–Kier alpha value is -4.73. The number of thioether (sulfide) groups is 1. The van der Waals surface area contributed by atoms with Crippen LogP contribution in [0.15, 0.2) is 120 Å². The first kappa shape index (κ1) is 26.9. The first-order valence-electron chi connectivity index (χ1n) is 12.3. The molecule has 0 saturated carbocycles. The van der Waals surface area contributed by atoms with Gasteiger partial charge >= 0.3 is 0 Å². The van der Waals surface area contributed by atoms with Gasteiger partial charge in [-0.1, -0.05) is 60.1 Å². The van der Waals surface area contributed by atoms with Crippen LogP contribution in [0.2, 0.25) is 5.02 Å². The number of carbonyl (C=O) groups is 2. The summed E-state index contributed by atoms with van der Waals surface area (Å²) in [5, 5.41) is 18.2. The molecule has 4 aromatic carbocycles. The molecule has 0 aliphatic rings. The number of carbonyl (C=O) groups excluding carboxylic acids is 2. The van der Waals surface area contributed by atoms with Crippen LogP contribution in [0, 0.1) is 0 Å². The second-order valence-electron chi connectivity index (χ2n) is 8.54. The second kappa shape index (κ2) is 12.9. The highest BCUT2D eigenvalue weighted by atomic mass is 35.5. The van der Waals surface area contributed by atoms with Gasteiger partial charge in [0.25, 0.3) is 11.8 Å². The molecule has 0 fully saturated rings. The number of hydrogen-bond donors (Lipinski definition) is 2. The van der Waals surface area contributed by atoms with Gasteiger partial charge < -0.3 is 10.6 Å². The standard InChI is InChI=1S/C30H23ClN6O2S/c31-23-13-11-21(12-14-23)19-27(33-29(38)22-7-3-1-4-8-22)30(39)32-24-15-17-26(18-16-24)40-20-28-34-35-36-37(28)25-9-5-2-6-10-25/h1-19H,20H2,(H,32,39)(H,33,38)/b27-19-. The minimum atomic E-state index is -0.457. The maximum Gasteiger partial charge on any atom is 0.272 e. The molecule has 1 aromatic heterocycles. The molecular weight excluding hydrogens is 544 g/mol. The quantitative estimate of drug-likeness (QED) is 0.167. The first-order valence-corrected chi connectivity index (χ1v) is 13.6. The Balaban J connectivity index is 1.26. The van der Waals surface area contributed by atoms with E-state index in [0.717, 1.165) is 16.4 Å². The summed E-state index contributed by atoms with van der Waals surface area (Å²) in [4.78, 5) is 27.0. The van der Waals surface area contributed by atoms with Crippen molar-refractivity contribution in [3.63, 3.8) is 0 Å². The molecule has 2 N–H and O–H groups in total. The fourth-order valence-corrected chi connectivity index (χ4v) is 4.64. The summed E-state index contributed by atoms with van der Waals surface area (Å²) >= 11 is 7.57. The van der Waals surface area contributed by atoms with Crippen LogP contribution in [0.25, 0.3) is 11.8 Å². The van der Waals surface area contributed by atoms with Gasteiger partial charge in [-0.3, -0.25) is 9.59 Å². The summed E-state index contributed by atoms with van der Waals surface area (Å²) in [6.07, 6.45) is 1.60. The van der Waals surface area contributed by atoms with E-state index in [1.54, 1.807) is 83.2 Å². The number of tetrazole rings is 1. The Labute approximate surface area is 240 Å².